The third-order valence-corrected chi connectivity index (χ3v) is 3.47. The Balaban J connectivity index is 3.15. The van der Waals surface area contributed by atoms with Gasteiger partial charge in [-0.1, -0.05) is 31.2 Å². The molecule has 0 aromatic rings. The Morgan fingerprint density at radius 3 is 2.80 bits per heavy atom. The Morgan fingerprint density at radius 1 is 1.73 bits per heavy atom. The van der Waals surface area contributed by atoms with E-state index in [1.807, 2.05) is 32.9 Å². The maximum atomic E-state index is 12.2. The average Bonchev–Trinajstić information content (AvgIpc) is 2.14. The summed E-state index contributed by atoms with van der Waals surface area (Å²) >= 11 is 0. The van der Waals surface area contributed by atoms with E-state index >= 15 is 0 Å². The molecule has 0 radical (unpaired) electrons. The molecule has 0 aromatic heterocycles. The predicted molar refractivity (Wildman–Crippen MR) is 64.6 cm³/mol. The van der Waals surface area contributed by atoms with E-state index in [2.05, 4.69) is 13.2 Å². The standard InChI is InChI=1S/C14H20O/c1-6-9-14(5)12(10(2)3)8-7-11(4)13(14)15/h6-7,12H,1-2,8-9H2,3-5H3/t12-,14-/m0/s1. The summed E-state index contributed by atoms with van der Waals surface area (Å²) < 4.78 is 0. The van der Waals surface area contributed by atoms with Gasteiger partial charge in [0.05, 0.1) is 0 Å². The molecule has 0 unspecified atom stereocenters. The quantitative estimate of drug-likeness (QED) is 0.641. The van der Waals surface area contributed by atoms with Gasteiger partial charge in [0.1, 0.15) is 0 Å². The van der Waals surface area contributed by atoms with Crippen molar-refractivity contribution in [2.45, 2.75) is 33.6 Å². The monoisotopic (exact) mass is 204 g/mol. The molecule has 2 atom stereocenters. The lowest BCUT2D eigenvalue weighted by Gasteiger charge is -2.39. The van der Waals surface area contributed by atoms with Crippen LogP contribution in [0.3, 0.4) is 0 Å². The van der Waals surface area contributed by atoms with E-state index in [-0.39, 0.29) is 17.1 Å². The highest BCUT2D eigenvalue weighted by Gasteiger charge is 2.42. The van der Waals surface area contributed by atoms with Crippen LogP contribution in [-0.2, 0) is 4.79 Å². The second kappa shape index (κ2) is 4.18. The number of carbonyl (C=O) groups excluding carboxylic acids is 1. The molecular formula is C14H20O. The Bertz CT molecular complexity index is 335. The second-order valence-electron chi connectivity index (χ2n) is 4.76. The number of hydrogen-bond donors (Lipinski definition) is 0. The molecule has 0 N–H and O–H groups in total. The summed E-state index contributed by atoms with van der Waals surface area (Å²) in [5.41, 5.74) is 1.65. The largest absolute Gasteiger partial charge is 0.294 e. The van der Waals surface area contributed by atoms with E-state index in [0.29, 0.717) is 0 Å². The van der Waals surface area contributed by atoms with Crippen LogP contribution in [0.2, 0.25) is 0 Å². The zero-order valence-electron chi connectivity index (χ0n) is 9.97. The Kier molecular flexibility index (Phi) is 3.33. The van der Waals surface area contributed by atoms with Crippen LogP contribution in [0.15, 0.2) is 36.5 Å². The van der Waals surface area contributed by atoms with E-state index in [1.54, 1.807) is 0 Å². The summed E-state index contributed by atoms with van der Waals surface area (Å²) in [6.07, 6.45) is 5.53. The molecule has 0 saturated heterocycles. The Morgan fingerprint density at radius 2 is 2.33 bits per heavy atom. The van der Waals surface area contributed by atoms with Crippen molar-refractivity contribution in [3.8, 4) is 0 Å². The van der Waals surface area contributed by atoms with Gasteiger partial charge in [-0.05, 0) is 38.2 Å². The number of rotatable bonds is 3. The normalized spacial score (nSPS) is 31.0. The van der Waals surface area contributed by atoms with Crippen LogP contribution in [0.5, 0.6) is 0 Å². The molecule has 1 heteroatoms. The van der Waals surface area contributed by atoms with Crippen LogP contribution in [0.25, 0.3) is 0 Å². The highest BCUT2D eigenvalue weighted by atomic mass is 16.1. The Labute approximate surface area is 92.6 Å². The highest BCUT2D eigenvalue weighted by Crippen LogP contribution is 2.44. The molecule has 15 heavy (non-hydrogen) atoms. The highest BCUT2D eigenvalue weighted by molar-refractivity contribution is 6.00. The molecule has 0 aliphatic heterocycles. The van der Waals surface area contributed by atoms with Crippen molar-refractivity contribution in [3.63, 3.8) is 0 Å². The van der Waals surface area contributed by atoms with E-state index in [4.69, 9.17) is 0 Å². The van der Waals surface area contributed by atoms with E-state index in [9.17, 15) is 4.79 Å². The van der Waals surface area contributed by atoms with E-state index in [1.165, 1.54) is 0 Å². The van der Waals surface area contributed by atoms with Crippen molar-refractivity contribution >= 4 is 5.78 Å². The van der Waals surface area contributed by atoms with E-state index < -0.39 is 0 Å². The maximum absolute atomic E-state index is 12.2. The van der Waals surface area contributed by atoms with Gasteiger partial charge in [-0.15, -0.1) is 6.58 Å². The van der Waals surface area contributed by atoms with Gasteiger partial charge in [0.25, 0.3) is 0 Å². The molecular weight excluding hydrogens is 184 g/mol. The van der Waals surface area contributed by atoms with Crippen LogP contribution in [0, 0.1) is 11.3 Å². The molecule has 1 nitrogen and oxygen atoms in total. The Hall–Kier alpha value is -1.11. The lowest BCUT2D eigenvalue weighted by atomic mass is 9.63. The van der Waals surface area contributed by atoms with Gasteiger partial charge in [-0.25, -0.2) is 0 Å². The summed E-state index contributed by atoms with van der Waals surface area (Å²) in [7, 11) is 0. The first kappa shape index (κ1) is 12.0. The molecule has 0 aromatic carbocycles. The third-order valence-electron chi connectivity index (χ3n) is 3.47. The minimum Gasteiger partial charge on any atom is -0.294 e. The van der Waals surface area contributed by atoms with Gasteiger partial charge in [0.15, 0.2) is 5.78 Å². The zero-order chi connectivity index (χ0) is 11.6. The molecule has 82 valence electrons. The van der Waals surface area contributed by atoms with Crippen molar-refractivity contribution < 1.29 is 4.79 Å². The number of carbonyl (C=O) groups is 1. The van der Waals surface area contributed by atoms with Crippen molar-refractivity contribution in [3.05, 3.63) is 36.5 Å². The average molecular weight is 204 g/mol. The lowest BCUT2D eigenvalue weighted by molar-refractivity contribution is -0.126. The topological polar surface area (TPSA) is 17.1 Å². The summed E-state index contributed by atoms with van der Waals surface area (Å²) in [4.78, 5) is 12.2. The van der Waals surface area contributed by atoms with Gasteiger partial charge in [-0.2, -0.15) is 0 Å². The molecule has 0 heterocycles. The first-order valence-electron chi connectivity index (χ1n) is 5.41. The first-order chi connectivity index (χ1) is 6.93. The predicted octanol–water partition coefficient (Wildman–Crippen LogP) is 3.68. The second-order valence-corrected chi connectivity index (χ2v) is 4.76. The fourth-order valence-electron chi connectivity index (χ4n) is 2.54. The number of ketones is 1. The zero-order valence-corrected chi connectivity index (χ0v) is 9.97. The van der Waals surface area contributed by atoms with Gasteiger partial charge >= 0.3 is 0 Å². The van der Waals surface area contributed by atoms with Gasteiger partial charge < -0.3 is 0 Å². The van der Waals surface area contributed by atoms with Crippen LogP contribution in [0.1, 0.15) is 33.6 Å². The van der Waals surface area contributed by atoms with Crippen LogP contribution in [0.4, 0.5) is 0 Å². The number of Topliss-reactive ketones (excluding diaryl/α,β-unsaturated/α-hetero) is 1. The number of allylic oxidation sites excluding steroid dienone is 4. The minimum absolute atomic E-state index is 0.252. The van der Waals surface area contributed by atoms with Crippen LogP contribution >= 0.6 is 0 Å². The molecule has 0 spiro atoms. The molecule has 0 amide bonds. The van der Waals surface area contributed by atoms with Crippen molar-refractivity contribution in [1.29, 1.82) is 0 Å². The van der Waals surface area contributed by atoms with Gasteiger partial charge in [0.2, 0.25) is 0 Å². The third kappa shape index (κ3) is 1.97. The SMILES string of the molecule is C=CC[C@]1(C)C(=O)C(C)=CC[C@H]1C(=C)C. The smallest absolute Gasteiger partial charge is 0.165 e. The summed E-state index contributed by atoms with van der Waals surface area (Å²) in [5, 5.41) is 0. The summed E-state index contributed by atoms with van der Waals surface area (Å²) in [5.74, 6) is 0.508. The molecule has 0 bridgehead atoms. The van der Waals surface area contributed by atoms with Crippen LogP contribution in [-0.4, -0.2) is 5.78 Å². The fraction of sp³-hybridized carbons (Fsp3) is 0.500. The molecule has 1 rings (SSSR count). The van der Waals surface area contributed by atoms with Crippen molar-refractivity contribution in [2.75, 3.05) is 0 Å². The van der Waals surface area contributed by atoms with Crippen LogP contribution < -0.4 is 0 Å². The molecule has 0 fully saturated rings. The van der Waals surface area contributed by atoms with Crippen molar-refractivity contribution in [1.82, 2.24) is 0 Å². The molecule has 1 aliphatic carbocycles. The molecule has 1 aliphatic rings. The minimum atomic E-state index is -0.327. The lowest BCUT2D eigenvalue weighted by Crippen LogP contribution is -2.39. The summed E-state index contributed by atoms with van der Waals surface area (Å²) in [6.45, 7) is 13.7. The molecule has 0 saturated carbocycles. The van der Waals surface area contributed by atoms with E-state index in [0.717, 1.165) is 24.0 Å². The van der Waals surface area contributed by atoms with Crippen molar-refractivity contribution in [2.24, 2.45) is 11.3 Å². The maximum Gasteiger partial charge on any atom is 0.165 e. The first-order valence-corrected chi connectivity index (χ1v) is 5.41. The fourth-order valence-corrected chi connectivity index (χ4v) is 2.54. The summed E-state index contributed by atoms with van der Waals surface area (Å²) in [6, 6.07) is 0. The van der Waals surface area contributed by atoms with Gasteiger partial charge in [-0.3, -0.25) is 4.79 Å². The number of hydrogen-bond acceptors (Lipinski definition) is 1. The van der Waals surface area contributed by atoms with Gasteiger partial charge in [0, 0.05) is 5.41 Å².